The molecule has 0 saturated carbocycles. The van der Waals surface area contributed by atoms with Gasteiger partial charge in [0.05, 0.1) is 6.04 Å². The fraction of sp³-hybridized carbons (Fsp3) is 0.273. The average molecular weight is 303 g/mol. The van der Waals surface area contributed by atoms with E-state index in [0.717, 1.165) is 5.56 Å². The molecule has 1 rings (SSSR count). The van der Waals surface area contributed by atoms with Gasteiger partial charge in [0.1, 0.15) is 8.64 Å². The van der Waals surface area contributed by atoms with Gasteiger partial charge in [-0.25, -0.2) is 0 Å². The average Bonchev–Trinajstić information content (AvgIpc) is 2.23. The van der Waals surface area contributed by atoms with Crippen LogP contribution in [0.15, 0.2) is 24.3 Å². The number of thiol groups is 2. The topological polar surface area (TPSA) is 24.1 Å². The van der Waals surface area contributed by atoms with E-state index >= 15 is 0 Å². The highest BCUT2D eigenvalue weighted by atomic mass is 32.1. The molecule has 1 aromatic rings. The number of nitrogens with one attached hydrogen (secondary N) is 2. The summed E-state index contributed by atoms with van der Waals surface area (Å²) in [5.74, 6) is 0. The highest BCUT2D eigenvalue weighted by molar-refractivity contribution is 8.11. The number of benzene rings is 1. The van der Waals surface area contributed by atoms with Gasteiger partial charge in [-0.15, -0.1) is 25.3 Å². The van der Waals surface area contributed by atoms with Crippen molar-refractivity contribution in [3.63, 3.8) is 0 Å². The molecule has 0 amide bonds. The molecule has 0 fully saturated rings. The third-order valence-corrected chi connectivity index (χ3v) is 2.75. The van der Waals surface area contributed by atoms with E-state index in [4.69, 9.17) is 24.4 Å². The zero-order chi connectivity index (χ0) is 12.8. The van der Waals surface area contributed by atoms with E-state index < -0.39 is 0 Å². The summed E-state index contributed by atoms with van der Waals surface area (Å²) in [6.07, 6.45) is 0. The molecule has 2 nitrogen and oxygen atoms in total. The molecule has 1 aromatic carbocycles. The number of aryl methyl sites for hydroxylation is 1. The van der Waals surface area contributed by atoms with Crippen LogP contribution in [0.4, 0.5) is 0 Å². The molecule has 0 bridgehead atoms. The smallest absolute Gasteiger partial charge is 0.131 e. The Morgan fingerprint density at radius 1 is 1.29 bits per heavy atom. The molecule has 0 aliphatic carbocycles. The SMILES string of the molecule is Cc1cccc(C(CNC(=S)S)NC(=S)S)c1. The van der Waals surface area contributed by atoms with E-state index in [-0.39, 0.29) is 6.04 Å². The van der Waals surface area contributed by atoms with E-state index in [0.29, 0.717) is 15.2 Å². The summed E-state index contributed by atoms with van der Waals surface area (Å²) in [4.78, 5) is 0. The normalized spacial score (nSPS) is 11.7. The molecule has 0 heterocycles. The fourth-order valence-corrected chi connectivity index (χ4v) is 1.95. The second-order valence-electron chi connectivity index (χ2n) is 3.60. The third kappa shape index (κ3) is 5.72. The number of thiocarbonyl (C=S) groups is 2. The molecule has 2 N–H and O–H groups in total. The van der Waals surface area contributed by atoms with Crippen LogP contribution in [0.2, 0.25) is 0 Å². The summed E-state index contributed by atoms with van der Waals surface area (Å²) in [5.41, 5.74) is 2.34. The molecule has 0 radical (unpaired) electrons. The van der Waals surface area contributed by atoms with Crippen molar-refractivity contribution in [3.8, 4) is 0 Å². The highest BCUT2D eigenvalue weighted by Crippen LogP contribution is 2.14. The van der Waals surface area contributed by atoms with Crippen molar-refractivity contribution in [3.05, 3.63) is 35.4 Å². The first kappa shape index (κ1) is 14.8. The standard InChI is InChI=1S/C11H14N2S4/c1-7-3-2-4-8(5-7)9(13-11(16)17)6-12-10(14)15/h2-5,9H,6H2,1H3,(H2,12,14,15)(H2,13,16,17). The Morgan fingerprint density at radius 3 is 2.53 bits per heavy atom. The molecule has 0 aliphatic rings. The van der Waals surface area contributed by atoms with Crippen LogP contribution in [0.5, 0.6) is 0 Å². The van der Waals surface area contributed by atoms with Crippen molar-refractivity contribution in [2.45, 2.75) is 13.0 Å². The summed E-state index contributed by atoms with van der Waals surface area (Å²) in [6, 6.07) is 8.24. The molecule has 92 valence electrons. The lowest BCUT2D eigenvalue weighted by atomic mass is 10.0. The van der Waals surface area contributed by atoms with Crippen molar-refractivity contribution >= 4 is 58.3 Å². The molecule has 0 spiro atoms. The molecule has 17 heavy (non-hydrogen) atoms. The lowest BCUT2D eigenvalue weighted by Crippen LogP contribution is -2.34. The lowest BCUT2D eigenvalue weighted by Gasteiger charge is -2.20. The Balaban J connectivity index is 2.81. The van der Waals surface area contributed by atoms with Gasteiger partial charge < -0.3 is 10.6 Å². The van der Waals surface area contributed by atoms with Gasteiger partial charge in [-0.1, -0.05) is 54.3 Å². The Kier molecular flexibility index (Phi) is 6.26. The lowest BCUT2D eigenvalue weighted by molar-refractivity contribution is 0.637. The predicted molar refractivity (Wildman–Crippen MR) is 88.2 cm³/mol. The van der Waals surface area contributed by atoms with Crippen LogP contribution in [0.3, 0.4) is 0 Å². The summed E-state index contributed by atoms with van der Waals surface area (Å²) >= 11 is 18.0. The van der Waals surface area contributed by atoms with E-state index in [1.165, 1.54) is 5.56 Å². The minimum Gasteiger partial charge on any atom is -0.369 e. The Bertz CT molecular complexity index is 420. The summed E-state index contributed by atoms with van der Waals surface area (Å²) in [5, 5.41) is 6.13. The van der Waals surface area contributed by atoms with Crippen LogP contribution in [0.25, 0.3) is 0 Å². The van der Waals surface area contributed by atoms with Crippen LogP contribution in [-0.4, -0.2) is 15.2 Å². The molecular formula is C11H14N2S4. The minimum absolute atomic E-state index is 0.0324. The molecule has 6 heteroatoms. The molecule has 0 aromatic heterocycles. The summed E-state index contributed by atoms with van der Waals surface area (Å²) < 4.78 is 0.929. The van der Waals surface area contributed by atoms with Crippen LogP contribution in [0, 0.1) is 6.92 Å². The van der Waals surface area contributed by atoms with Crippen LogP contribution in [0.1, 0.15) is 17.2 Å². The van der Waals surface area contributed by atoms with Crippen molar-refractivity contribution < 1.29 is 0 Å². The number of hydrogen-bond donors (Lipinski definition) is 4. The maximum Gasteiger partial charge on any atom is 0.131 e. The maximum absolute atomic E-state index is 4.96. The minimum atomic E-state index is 0.0324. The van der Waals surface area contributed by atoms with Crippen molar-refractivity contribution in [2.75, 3.05) is 6.54 Å². The maximum atomic E-state index is 4.96. The Labute approximate surface area is 123 Å². The van der Waals surface area contributed by atoms with Crippen molar-refractivity contribution in [1.82, 2.24) is 10.6 Å². The summed E-state index contributed by atoms with van der Waals surface area (Å²) in [7, 11) is 0. The summed E-state index contributed by atoms with van der Waals surface area (Å²) in [6.45, 7) is 2.67. The van der Waals surface area contributed by atoms with Gasteiger partial charge in [0.15, 0.2) is 0 Å². The first-order valence-electron chi connectivity index (χ1n) is 5.02. The van der Waals surface area contributed by atoms with Gasteiger partial charge in [-0.2, -0.15) is 0 Å². The molecule has 0 aliphatic heterocycles. The zero-order valence-electron chi connectivity index (χ0n) is 9.30. The second kappa shape index (κ2) is 7.20. The zero-order valence-corrected chi connectivity index (χ0v) is 12.7. The monoisotopic (exact) mass is 302 g/mol. The van der Waals surface area contributed by atoms with Gasteiger partial charge in [0, 0.05) is 6.54 Å². The largest absolute Gasteiger partial charge is 0.369 e. The fourth-order valence-electron chi connectivity index (χ4n) is 1.48. The highest BCUT2D eigenvalue weighted by Gasteiger charge is 2.11. The third-order valence-electron chi connectivity index (χ3n) is 2.20. The first-order chi connectivity index (χ1) is 7.99. The predicted octanol–water partition coefficient (Wildman–Crippen LogP) is 2.64. The van der Waals surface area contributed by atoms with E-state index in [2.05, 4.69) is 54.9 Å². The first-order valence-corrected chi connectivity index (χ1v) is 6.73. The van der Waals surface area contributed by atoms with Gasteiger partial charge in [-0.3, -0.25) is 0 Å². The van der Waals surface area contributed by atoms with Gasteiger partial charge in [0.25, 0.3) is 0 Å². The van der Waals surface area contributed by atoms with Gasteiger partial charge in [0.2, 0.25) is 0 Å². The number of hydrogen-bond acceptors (Lipinski definition) is 2. The van der Waals surface area contributed by atoms with Crippen LogP contribution < -0.4 is 10.6 Å². The van der Waals surface area contributed by atoms with Gasteiger partial charge >= 0.3 is 0 Å². The van der Waals surface area contributed by atoms with Crippen molar-refractivity contribution in [2.24, 2.45) is 0 Å². The Morgan fingerprint density at radius 2 is 2.00 bits per heavy atom. The van der Waals surface area contributed by atoms with Crippen LogP contribution in [-0.2, 0) is 0 Å². The van der Waals surface area contributed by atoms with Crippen molar-refractivity contribution in [1.29, 1.82) is 0 Å². The molecular weight excluding hydrogens is 288 g/mol. The van der Waals surface area contributed by atoms with E-state index in [9.17, 15) is 0 Å². The second-order valence-corrected chi connectivity index (χ2v) is 5.92. The quantitative estimate of drug-likeness (QED) is 0.507. The molecule has 0 saturated heterocycles. The Hall–Kier alpha value is -0.300. The molecule has 1 unspecified atom stereocenters. The molecule has 1 atom stereocenters. The van der Waals surface area contributed by atoms with Crippen LogP contribution >= 0.6 is 49.7 Å². The van der Waals surface area contributed by atoms with E-state index in [1.54, 1.807) is 0 Å². The number of rotatable bonds is 4. The van der Waals surface area contributed by atoms with E-state index in [1.807, 2.05) is 12.1 Å². The van der Waals surface area contributed by atoms with Gasteiger partial charge in [-0.05, 0) is 12.5 Å².